The van der Waals surface area contributed by atoms with Gasteiger partial charge in [0.25, 0.3) is 0 Å². The summed E-state index contributed by atoms with van der Waals surface area (Å²) in [5.74, 6) is -0.137. The molecule has 0 spiro atoms. The third-order valence-corrected chi connectivity index (χ3v) is 2.63. The molecule has 0 aromatic heterocycles. The van der Waals surface area contributed by atoms with Gasteiger partial charge in [0.1, 0.15) is 6.04 Å². The molecule has 0 saturated heterocycles. The highest BCUT2D eigenvalue weighted by molar-refractivity contribution is 6.64. The quantitative estimate of drug-likeness (QED) is 0.791. The van der Waals surface area contributed by atoms with Crippen molar-refractivity contribution in [1.82, 2.24) is 5.32 Å². The monoisotopic (exact) mass is 253 g/mol. The summed E-state index contributed by atoms with van der Waals surface area (Å²) in [5.41, 5.74) is 0.975. The smallest absolute Gasteiger partial charge is 0.244 e. The third-order valence-electron chi connectivity index (χ3n) is 2.37. The first-order valence-electron chi connectivity index (χ1n) is 5.66. The van der Waals surface area contributed by atoms with Crippen LogP contribution in [0.5, 0.6) is 0 Å². The van der Waals surface area contributed by atoms with Crippen molar-refractivity contribution in [3.05, 3.63) is 35.9 Å². The maximum absolute atomic E-state index is 11.4. The molecule has 0 aliphatic carbocycles. The van der Waals surface area contributed by atoms with Gasteiger partial charge in [-0.15, -0.1) is 0 Å². The molecule has 0 saturated carbocycles. The van der Waals surface area contributed by atoms with E-state index in [-0.39, 0.29) is 5.91 Å². The zero-order valence-electron chi connectivity index (χ0n) is 9.78. The molecule has 3 nitrogen and oxygen atoms in total. The second kappa shape index (κ2) is 7.07. The summed E-state index contributed by atoms with van der Waals surface area (Å²) in [6.07, 6.45) is 1.59. The Balaban J connectivity index is 2.61. The molecule has 0 bridgehead atoms. The largest absolute Gasteiger partial charge is 0.345 e. The van der Waals surface area contributed by atoms with E-state index in [0.717, 1.165) is 12.0 Å². The van der Waals surface area contributed by atoms with Crippen LogP contribution in [0.15, 0.2) is 30.3 Å². The van der Waals surface area contributed by atoms with Crippen LogP contribution >= 0.6 is 11.6 Å². The molecular formula is C13H16ClNO2. The average Bonchev–Trinajstić information content (AvgIpc) is 2.29. The molecule has 1 aromatic rings. The van der Waals surface area contributed by atoms with Crippen molar-refractivity contribution in [2.45, 2.75) is 32.2 Å². The molecular weight excluding hydrogens is 238 g/mol. The summed E-state index contributed by atoms with van der Waals surface area (Å²) in [6, 6.07) is 8.84. The van der Waals surface area contributed by atoms with Crippen molar-refractivity contribution in [2.24, 2.45) is 0 Å². The minimum absolute atomic E-state index is 0.137. The van der Waals surface area contributed by atoms with Crippen LogP contribution in [0.1, 0.15) is 25.3 Å². The molecule has 0 aliphatic heterocycles. The Kier molecular flexibility index (Phi) is 5.70. The predicted molar refractivity (Wildman–Crippen MR) is 67.8 cm³/mol. The highest BCUT2D eigenvalue weighted by Crippen LogP contribution is 2.06. The predicted octanol–water partition coefficient (Wildman–Crippen LogP) is 2.28. The lowest BCUT2D eigenvalue weighted by atomic mass is 10.1. The van der Waals surface area contributed by atoms with Crippen LogP contribution in [-0.4, -0.2) is 17.2 Å². The van der Waals surface area contributed by atoms with Gasteiger partial charge in [-0.25, -0.2) is 0 Å². The van der Waals surface area contributed by atoms with Crippen LogP contribution in [0.2, 0.25) is 0 Å². The van der Waals surface area contributed by atoms with Crippen molar-refractivity contribution in [3.8, 4) is 0 Å². The molecule has 1 aromatic carbocycles. The Labute approximate surface area is 106 Å². The van der Waals surface area contributed by atoms with Gasteiger partial charge in [-0.2, -0.15) is 0 Å². The van der Waals surface area contributed by atoms with Gasteiger partial charge in [0.05, 0.1) is 0 Å². The average molecular weight is 254 g/mol. The molecule has 0 radical (unpaired) electrons. The lowest BCUT2D eigenvalue weighted by Gasteiger charge is -2.14. The van der Waals surface area contributed by atoms with E-state index in [9.17, 15) is 9.59 Å². The first-order chi connectivity index (χ1) is 8.13. The normalized spacial score (nSPS) is 11.9. The van der Waals surface area contributed by atoms with Crippen LogP contribution in [0.4, 0.5) is 0 Å². The SMILES string of the molecule is CCCC(=O)NC(Cc1ccccc1)C(=O)Cl. The van der Waals surface area contributed by atoms with Crippen molar-refractivity contribution in [2.75, 3.05) is 0 Å². The fourth-order valence-electron chi connectivity index (χ4n) is 1.53. The summed E-state index contributed by atoms with van der Waals surface area (Å²) < 4.78 is 0. The van der Waals surface area contributed by atoms with Crippen LogP contribution in [0.3, 0.4) is 0 Å². The maximum Gasteiger partial charge on any atom is 0.244 e. The zero-order valence-corrected chi connectivity index (χ0v) is 10.5. The summed E-state index contributed by atoms with van der Waals surface area (Å²) in [5, 5.41) is 2.12. The molecule has 1 atom stereocenters. The van der Waals surface area contributed by atoms with Crippen molar-refractivity contribution >= 4 is 22.8 Å². The minimum Gasteiger partial charge on any atom is -0.345 e. The number of amides is 1. The Hall–Kier alpha value is -1.35. The van der Waals surface area contributed by atoms with Gasteiger partial charge < -0.3 is 5.32 Å². The van der Waals surface area contributed by atoms with E-state index >= 15 is 0 Å². The van der Waals surface area contributed by atoms with E-state index < -0.39 is 11.3 Å². The minimum atomic E-state index is -0.641. The summed E-state index contributed by atoms with van der Waals surface area (Å²) in [4.78, 5) is 22.7. The molecule has 1 unspecified atom stereocenters. The molecule has 1 N–H and O–H groups in total. The van der Waals surface area contributed by atoms with Gasteiger partial charge in [0.15, 0.2) is 0 Å². The lowest BCUT2D eigenvalue weighted by Crippen LogP contribution is -2.40. The van der Waals surface area contributed by atoms with E-state index in [1.807, 2.05) is 37.3 Å². The third kappa shape index (κ3) is 5.00. The topological polar surface area (TPSA) is 46.2 Å². The van der Waals surface area contributed by atoms with Crippen molar-refractivity contribution < 1.29 is 9.59 Å². The van der Waals surface area contributed by atoms with Crippen molar-refractivity contribution in [1.29, 1.82) is 0 Å². The van der Waals surface area contributed by atoms with E-state index in [1.54, 1.807) is 0 Å². The number of rotatable bonds is 6. The summed E-state index contributed by atoms with van der Waals surface area (Å²) in [6.45, 7) is 1.91. The summed E-state index contributed by atoms with van der Waals surface area (Å²) in [7, 11) is 0. The lowest BCUT2D eigenvalue weighted by molar-refractivity contribution is -0.124. The molecule has 17 heavy (non-hydrogen) atoms. The molecule has 4 heteroatoms. The Bertz CT molecular complexity index is 378. The van der Waals surface area contributed by atoms with Gasteiger partial charge in [0.2, 0.25) is 11.1 Å². The highest BCUT2D eigenvalue weighted by atomic mass is 35.5. The fourth-order valence-corrected chi connectivity index (χ4v) is 1.66. The van der Waals surface area contributed by atoms with Gasteiger partial charge >= 0.3 is 0 Å². The van der Waals surface area contributed by atoms with E-state index in [2.05, 4.69) is 5.32 Å². The molecule has 92 valence electrons. The zero-order chi connectivity index (χ0) is 12.7. The van der Waals surface area contributed by atoms with E-state index in [0.29, 0.717) is 12.8 Å². The second-order valence-corrected chi connectivity index (χ2v) is 4.24. The summed E-state index contributed by atoms with van der Waals surface area (Å²) >= 11 is 5.48. The molecule has 0 fully saturated rings. The van der Waals surface area contributed by atoms with Gasteiger partial charge in [-0.1, -0.05) is 37.3 Å². The molecule has 1 amide bonds. The fraction of sp³-hybridized carbons (Fsp3) is 0.385. The first kappa shape index (κ1) is 13.7. The highest BCUT2D eigenvalue weighted by Gasteiger charge is 2.18. The molecule has 1 rings (SSSR count). The molecule has 0 aliphatic rings. The standard InChI is InChI=1S/C13H16ClNO2/c1-2-6-12(16)15-11(13(14)17)9-10-7-4-3-5-8-10/h3-5,7-8,11H,2,6,9H2,1H3,(H,15,16). The van der Waals surface area contributed by atoms with Crippen LogP contribution in [0, 0.1) is 0 Å². The van der Waals surface area contributed by atoms with Crippen molar-refractivity contribution in [3.63, 3.8) is 0 Å². The number of hydrogen-bond donors (Lipinski definition) is 1. The number of hydrogen-bond acceptors (Lipinski definition) is 2. The van der Waals surface area contributed by atoms with Crippen LogP contribution in [0.25, 0.3) is 0 Å². The van der Waals surface area contributed by atoms with Gasteiger partial charge in [0, 0.05) is 12.8 Å². The number of carbonyl (C=O) groups excluding carboxylic acids is 2. The number of nitrogens with one attached hydrogen (secondary N) is 1. The van der Waals surface area contributed by atoms with E-state index in [1.165, 1.54) is 0 Å². The van der Waals surface area contributed by atoms with Crippen LogP contribution in [-0.2, 0) is 16.0 Å². The number of carbonyl (C=O) groups is 2. The van der Waals surface area contributed by atoms with Gasteiger partial charge in [-0.3, -0.25) is 9.59 Å². The Morgan fingerprint density at radius 3 is 2.47 bits per heavy atom. The van der Waals surface area contributed by atoms with E-state index in [4.69, 9.17) is 11.6 Å². The number of benzene rings is 1. The Morgan fingerprint density at radius 2 is 1.94 bits per heavy atom. The van der Waals surface area contributed by atoms with Gasteiger partial charge in [-0.05, 0) is 23.6 Å². The van der Waals surface area contributed by atoms with Crippen LogP contribution < -0.4 is 5.32 Å². The second-order valence-electron chi connectivity index (χ2n) is 3.86. The maximum atomic E-state index is 11.4. The first-order valence-corrected chi connectivity index (χ1v) is 6.04. The number of halogens is 1. The molecule has 0 heterocycles. The Morgan fingerprint density at radius 1 is 1.29 bits per heavy atom.